The zero-order valence-electron chi connectivity index (χ0n) is 7.32. The molecule has 0 bridgehead atoms. The van der Waals surface area contributed by atoms with Crippen molar-refractivity contribution in [3.8, 4) is 5.75 Å². The summed E-state index contributed by atoms with van der Waals surface area (Å²) in [6.45, 7) is -3.38. The van der Waals surface area contributed by atoms with E-state index in [2.05, 4.69) is 4.74 Å². The van der Waals surface area contributed by atoms with Gasteiger partial charge in [-0.1, -0.05) is 11.6 Å². The maximum Gasteiger partial charge on any atom is 0.387 e. The lowest BCUT2D eigenvalue weighted by molar-refractivity contribution is -0.496. The molecule has 0 saturated heterocycles. The zero-order chi connectivity index (χ0) is 11.4. The molecule has 0 aromatic heterocycles. The molecule has 0 spiro atoms. The van der Waals surface area contributed by atoms with Crippen molar-refractivity contribution in [2.45, 2.75) is 13.2 Å². The molecule has 0 aliphatic heterocycles. The lowest BCUT2D eigenvalue weighted by Gasteiger charge is -2.06. The van der Waals surface area contributed by atoms with Crippen LogP contribution in [0.3, 0.4) is 0 Å². The Morgan fingerprint density at radius 1 is 1.53 bits per heavy atom. The number of nitrogens with zero attached hydrogens (tertiary/aromatic N) is 1. The molecule has 1 rings (SSSR count). The molecule has 1 aromatic rings. The van der Waals surface area contributed by atoms with E-state index in [0.717, 1.165) is 0 Å². The largest absolute Gasteiger partial charge is 0.433 e. The lowest BCUT2D eigenvalue weighted by atomic mass is 10.2. The molecule has 82 valence electrons. The number of benzene rings is 1. The van der Waals surface area contributed by atoms with E-state index >= 15 is 0 Å². The van der Waals surface area contributed by atoms with Crippen molar-refractivity contribution in [3.05, 3.63) is 38.9 Å². The highest BCUT2D eigenvalue weighted by atomic mass is 35.5. The predicted octanol–water partition coefficient (Wildman–Crippen LogP) is 2.72. The predicted molar refractivity (Wildman–Crippen MR) is 48.8 cm³/mol. The molecule has 0 aliphatic rings. The van der Waals surface area contributed by atoms with Crippen LogP contribution in [0.4, 0.5) is 8.78 Å². The molecular formula is C8H6ClF2NO3. The van der Waals surface area contributed by atoms with Crippen molar-refractivity contribution < 1.29 is 18.4 Å². The Balaban J connectivity index is 2.83. The van der Waals surface area contributed by atoms with Crippen molar-refractivity contribution in [1.29, 1.82) is 0 Å². The second-order valence-corrected chi connectivity index (χ2v) is 3.04. The third-order valence-corrected chi connectivity index (χ3v) is 1.82. The average Bonchev–Trinajstić information content (AvgIpc) is 2.08. The Hall–Kier alpha value is -1.43. The Bertz CT molecular complexity index is 373. The highest BCUT2D eigenvalue weighted by Gasteiger charge is 2.10. The fraction of sp³-hybridized carbons (Fsp3) is 0.250. The highest BCUT2D eigenvalue weighted by Crippen LogP contribution is 2.27. The molecule has 0 saturated carbocycles. The Morgan fingerprint density at radius 2 is 2.20 bits per heavy atom. The molecule has 4 nitrogen and oxygen atoms in total. The monoisotopic (exact) mass is 237 g/mol. The molecule has 0 unspecified atom stereocenters. The lowest BCUT2D eigenvalue weighted by Crippen LogP contribution is -2.03. The number of hydrogen-bond donors (Lipinski definition) is 0. The summed E-state index contributed by atoms with van der Waals surface area (Å²) in [5, 5.41) is 10.1. The van der Waals surface area contributed by atoms with E-state index in [-0.39, 0.29) is 10.8 Å². The number of alkyl halides is 2. The minimum atomic E-state index is -2.97. The van der Waals surface area contributed by atoms with E-state index < -0.39 is 18.1 Å². The van der Waals surface area contributed by atoms with Crippen LogP contribution in [-0.2, 0) is 6.54 Å². The van der Waals surface area contributed by atoms with Crippen molar-refractivity contribution in [2.75, 3.05) is 0 Å². The molecule has 0 aliphatic carbocycles. The molecular weight excluding hydrogens is 232 g/mol. The van der Waals surface area contributed by atoms with Gasteiger partial charge in [-0.15, -0.1) is 0 Å². The van der Waals surface area contributed by atoms with Crippen LogP contribution in [0.15, 0.2) is 18.2 Å². The molecule has 7 heteroatoms. The van der Waals surface area contributed by atoms with Gasteiger partial charge in [0.1, 0.15) is 5.75 Å². The van der Waals surface area contributed by atoms with Crippen molar-refractivity contribution in [2.24, 2.45) is 0 Å². The Morgan fingerprint density at radius 3 is 2.67 bits per heavy atom. The standard InChI is InChI=1S/C8H6ClF2NO3/c9-6-3-5(4-12(13)14)1-2-7(6)15-8(10)11/h1-3,8H,4H2. The van der Waals surface area contributed by atoms with Crippen molar-refractivity contribution >= 4 is 11.6 Å². The first-order chi connectivity index (χ1) is 6.99. The van der Waals surface area contributed by atoms with E-state index in [0.29, 0.717) is 5.56 Å². The summed E-state index contributed by atoms with van der Waals surface area (Å²) in [5.74, 6) is -0.196. The molecule has 0 heterocycles. The highest BCUT2D eigenvalue weighted by molar-refractivity contribution is 6.32. The molecule has 0 fully saturated rings. The van der Waals surface area contributed by atoms with E-state index in [1.807, 2.05) is 0 Å². The van der Waals surface area contributed by atoms with Gasteiger partial charge in [-0.2, -0.15) is 8.78 Å². The SMILES string of the molecule is O=[N+]([O-])Cc1ccc(OC(F)F)c(Cl)c1. The number of hydrogen-bond acceptors (Lipinski definition) is 3. The molecule has 0 atom stereocenters. The van der Waals surface area contributed by atoms with Gasteiger partial charge in [0.25, 0.3) is 0 Å². The number of rotatable bonds is 4. The quantitative estimate of drug-likeness (QED) is 0.598. The molecule has 0 radical (unpaired) electrons. The van der Waals surface area contributed by atoms with Gasteiger partial charge in [-0.3, -0.25) is 10.1 Å². The van der Waals surface area contributed by atoms with E-state index in [1.165, 1.54) is 18.2 Å². The van der Waals surface area contributed by atoms with Crippen molar-refractivity contribution in [3.63, 3.8) is 0 Å². The Labute approximate surface area is 88.6 Å². The average molecular weight is 238 g/mol. The number of ether oxygens (including phenoxy) is 1. The van der Waals surface area contributed by atoms with E-state index in [9.17, 15) is 18.9 Å². The van der Waals surface area contributed by atoms with Crippen LogP contribution in [0.25, 0.3) is 0 Å². The van der Waals surface area contributed by atoms with Crippen LogP contribution in [-0.4, -0.2) is 11.5 Å². The smallest absolute Gasteiger partial charge is 0.387 e. The van der Waals surface area contributed by atoms with Crippen LogP contribution in [0.5, 0.6) is 5.75 Å². The van der Waals surface area contributed by atoms with Crippen molar-refractivity contribution in [1.82, 2.24) is 0 Å². The second kappa shape index (κ2) is 4.88. The fourth-order valence-electron chi connectivity index (χ4n) is 0.983. The summed E-state index contributed by atoms with van der Waals surface area (Å²) in [4.78, 5) is 9.61. The normalized spacial score (nSPS) is 10.4. The Kier molecular flexibility index (Phi) is 3.79. The first-order valence-electron chi connectivity index (χ1n) is 3.84. The topological polar surface area (TPSA) is 52.4 Å². The number of nitro groups is 1. The van der Waals surface area contributed by atoms with Crippen LogP contribution in [0.2, 0.25) is 5.02 Å². The van der Waals surface area contributed by atoms with Gasteiger partial charge in [0, 0.05) is 10.5 Å². The summed E-state index contributed by atoms with van der Waals surface area (Å²) in [5.41, 5.74) is 0.326. The maximum absolute atomic E-state index is 11.8. The first kappa shape index (κ1) is 11.6. The van der Waals surface area contributed by atoms with Gasteiger partial charge in [0.05, 0.1) is 5.02 Å². The van der Waals surface area contributed by atoms with Crippen LogP contribution < -0.4 is 4.74 Å². The van der Waals surface area contributed by atoms with Gasteiger partial charge in [0.15, 0.2) is 0 Å². The van der Waals surface area contributed by atoms with Crippen LogP contribution in [0.1, 0.15) is 5.56 Å². The van der Waals surface area contributed by atoms with Gasteiger partial charge < -0.3 is 4.74 Å². The van der Waals surface area contributed by atoms with Crippen LogP contribution >= 0.6 is 11.6 Å². The third kappa shape index (κ3) is 3.67. The molecule has 0 N–H and O–H groups in total. The van der Waals surface area contributed by atoms with E-state index in [4.69, 9.17) is 11.6 Å². The second-order valence-electron chi connectivity index (χ2n) is 2.63. The van der Waals surface area contributed by atoms with Gasteiger partial charge in [-0.25, -0.2) is 0 Å². The first-order valence-corrected chi connectivity index (χ1v) is 4.22. The molecule has 15 heavy (non-hydrogen) atoms. The van der Waals surface area contributed by atoms with Gasteiger partial charge >= 0.3 is 6.61 Å². The maximum atomic E-state index is 11.8. The van der Waals surface area contributed by atoms with E-state index in [1.54, 1.807) is 0 Å². The van der Waals surface area contributed by atoms with Crippen LogP contribution in [0, 0.1) is 10.1 Å². The summed E-state index contributed by atoms with van der Waals surface area (Å²) in [6.07, 6.45) is 0. The minimum Gasteiger partial charge on any atom is -0.433 e. The fourth-order valence-corrected chi connectivity index (χ4v) is 1.23. The van der Waals surface area contributed by atoms with Gasteiger partial charge in [0.2, 0.25) is 6.54 Å². The summed E-state index contributed by atoms with van der Waals surface area (Å²) < 4.78 is 27.7. The number of halogens is 3. The van der Waals surface area contributed by atoms with Gasteiger partial charge in [-0.05, 0) is 18.2 Å². The minimum absolute atomic E-state index is 0.0744. The summed E-state index contributed by atoms with van der Waals surface area (Å²) >= 11 is 5.58. The zero-order valence-corrected chi connectivity index (χ0v) is 8.08. The molecule has 0 amide bonds. The molecule has 1 aromatic carbocycles. The summed E-state index contributed by atoms with van der Waals surface area (Å²) in [6, 6.07) is 3.71. The summed E-state index contributed by atoms with van der Waals surface area (Å²) in [7, 11) is 0. The third-order valence-electron chi connectivity index (χ3n) is 1.52.